The minimum atomic E-state index is -0.981. The predicted octanol–water partition coefficient (Wildman–Crippen LogP) is 4.87. The number of fused-ring (bicyclic) bond motifs is 2. The van der Waals surface area contributed by atoms with E-state index in [-0.39, 0.29) is 12.3 Å². The van der Waals surface area contributed by atoms with Crippen molar-refractivity contribution >= 4 is 29.0 Å². The number of hydrogen-bond donors (Lipinski definition) is 1. The Morgan fingerprint density at radius 2 is 1.82 bits per heavy atom. The topological polar surface area (TPSA) is 93.9 Å². The van der Waals surface area contributed by atoms with E-state index in [1.807, 2.05) is 66.2 Å². The van der Waals surface area contributed by atoms with Crippen LogP contribution < -0.4 is 9.47 Å². The highest BCUT2D eigenvalue weighted by Gasteiger charge is 2.33. The Hall–Kier alpha value is -4.59. The Bertz CT molecular complexity index is 1540. The van der Waals surface area contributed by atoms with Gasteiger partial charge in [0.25, 0.3) is 0 Å². The standard InChI is InChI=1S/C30H29N3O5/c1-32-29(19-8-5-4-6-9-19)21(22-10-7-14-31-30(22)32)11-12-27(34)33-15-13-20-16-25(37-2)26(38-3)17-23(20)24(33)18-28(35)36/h4-12,14,16-17,24H,13,15,18H2,1-3H3,(H,35,36). The number of carbonyl (C=O) groups excluding carboxylic acids is 1. The molecule has 0 fully saturated rings. The Morgan fingerprint density at radius 3 is 2.53 bits per heavy atom. The molecule has 0 spiro atoms. The quantitative estimate of drug-likeness (QED) is 0.356. The maximum absolute atomic E-state index is 13.6. The molecule has 4 aromatic rings. The van der Waals surface area contributed by atoms with E-state index in [0.717, 1.165) is 39.0 Å². The average Bonchev–Trinajstić information content (AvgIpc) is 3.22. The SMILES string of the molecule is COc1cc2c(cc1OC)C(CC(=O)O)N(C(=O)C=Cc1c(-c3ccccc3)n(C)c3ncccc13)CC2. The van der Waals surface area contributed by atoms with Crippen molar-refractivity contribution in [3.8, 4) is 22.8 Å². The van der Waals surface area contributed by atoms with Crippen LogP contribution in [0, 0.1) is 0 Å². The summed E-state index contributed by atoms with van der Waals surface area (Å²) in [7, 11) is 5.06. The minimum absolute atomic E-state index is 0.213. The summed E-state index contributed by atoms with van der Waals surface area (Å²) < 4.78 is 12.9. The molecule has 0 aliphatic carbocycles. The van der Waals surface area contributed by atoms with Crippen LogP contribution in [0.4, 0.5) is 0 Å². The van der Waals surface area contributed by atoms with Crippen LogP contribution >= 0.6 is 0 Å². The number of ether oxygens (including phenoxy) is 2. The maximum Gasteiger partial charge on any atom is 0.305 e. The molecule has 2 aromatic carbocycles. The van der Waals surface area contributed by atoms with Gasteiger partial charge in [-0.05, 0) is 53.5 Å². The van der Waals surface area contributed by atoms with Gasteiger partial charge in [-0.15, -0.1) is 0 Å². The number of rotatable bonds is 7. The molecule has 1 N–H and O–H groups in total. The minimum Gasteiger partial charge on any atom is -0.493 e. The van der Waals surface area contributed by atoms with Crippen molar-refractivity contribution in [3.05, 3.63) is 83.6 Å². The number of aliphatic carboxylic acids is 1. The Morgan fingerprint density at radius 1 is 1.08 bits per heavy atom. The zero-order chi connectivity index (χ0) is 26.8. The normalized spacial score (nSPS) is 15.0. The molecule has 1 amide bonds. The highest BCUT2D eigenvalue weighted by atomic mass is 16.5. The fourth-order valence-electron chi connectivity index (χ4n) is 5.33. The predicted molar refractivity (Wildman–Crippen MR) is 145 cm³/mol. The van der Waals surface area contributed by atoms with E-state index in [0.29, 0.717) is 24.5 Å². The number of benzene rings is 2. The molecule has 3 heterocycles. The molecule has 0 radical (unpaired) electrons. The first-order valence-corrected chi connectivity index (χ1v) is 12.4. The van der Waals surface area contributed by atoms with Gasteiger partial charge in [-0.1, -0.05) is 30.3 Å². The number of carbonyl (C=O) groups is 2. The average molecular weight is 512 g/mol. The number of pyridine rings is 1. The molecule has 8 nitrogen and oxygen atoms in total. The van der Waals surface area contributed by atoms with E-state index in [1.165, 1.54) is 13.2 Å². The third-order valence-corrected chi connectivity index (χ3v) is 7.08. The number of aromatic nitrogens is 2. The zero-order valence-electron chi connectivity index (χ0n) is 21.5. The van der Waals surface area contributed by atoms with Gasteiger partial charge in [0.2, 0.25) is 5.91 Å². The first-order chi connectivity index (χ1) is 18.4. The van der Waals surface area contributed by atoms with Gasteiger partial charge in [-0.3, -0.25) is 9.59 Å². The van der Waals surface area contributed by atoms with Gasteiger partial charge in [0, 0.05) is 36.8 Å². The van der Waals surface area contributed by atoms with E-state index in [1.54, 1.807) is 24.3 Å². The van der Waals surface area contributed by atoms with E-state index >= 15 is 0 Å². The summed E-state index contributed by atoms with van der Waals surface area (Å²) in [5.74, 6) is -0.150. The highest BCUT2D eigenvalue weighted by Crippen LogP contribution is 2.40. The number of nitrogens with zero attached hydrogens (tertiary/aromatic N) is 3. The lowest BCUT2D eigenvalue weighted by Gasteiger charge is -2.36. The molecular weight excluding hydrogens is 482 g/mol. The molecular formula is C30H29N3O5. The van der Waals surface area contributed by atoms with Crippen LogP contribution in [-0.2, 0) is 23.1 Å². The summed E-state index contributed by atoms with van der Waals surface area (Å²) in [5.41, 5.74) is 5.37. The molecule has 0 saturated carbocycles. The summed E-state index contributed by atoms with van der Waals surface area (Å²) in [6.45, 7) is 0.395. The largest absolute Gasteiger partial charge is 0.493 e. The molecule has 0 bridgehead atoms. The number of aryl methyl sites for hydroxylation is 1. The summed E-state index contributed by atoms with van der Waals surface area (Å²) in [4.78, 5) is 31.6. The number of hydrogen-bond acceptors (Lipinski definition) is 5. The van der Waals surface area contributed by atoms with Crippen molar-refractivity contribution in [1.29, 1.82) is 0 Å². The van der Waals surface area contributed by atoms with Crippen LogP contribution in [-0.4, -0.2) is 52.2 Å². The number of carboxylic acids is 1. The molecule has 8 heteroatoms. The molecule has 194 valence electrons. The van der Waals surface area contributed by atoms with Crippen LogP contribution in [0.1, 0.15) is 29.2 Å². The smallest absolute Gasteiger partial charge is 0.305 e. The van der Waals surface area contributed by atoms with Crippen molar-refractivity contribution < 1.29 is 24.2 Å². The van der Waals surface area contributed by atoms with Crippen molar-refractivity contribution in [3.63, 3.8) is 0 Å². The molecule has 0 saturated heterocycles. The van der Waals surface area contributed by atoms with Gasteiger partial charge >= 0.3 is 5.97 Å². The number of amides is 1. The van der Waals surface area contributed by atoms with Gasteiger partial charge in [-0.25, -0.2) is 4.98 Å². The van der Waals surface area contributed by atoms with Gasteiger partial charge in [0.1, 0.15) is 5.65 Å². The second kappa shape index (κ2) is 10.4. The molecule has 2 aromatic heterocycles. The first-order valence-electron chi connectivity index (χ1n) is 12.4. The van der Waals surface area contributed by atoms with E-state index < -0.39 is 12.0 Å². The van der Waals surface area contributed by atoms with Crippen LogP contribution in [0.5, 0.6) is 11.5 Å². The second-order valence-electron chi connectivity index (χ2n) is 9.20. The lowest BCUT2D eigenvalue weighted by atomic mass is 9.90. The van der Waals surface area contributed by atoms with Crippen LogP contribution in [0.2, 0.25) is 0 Å². The third kappa shape index (κ3) is 4.49. The molecule has 1 atom stereocenters. The van der Waals surface area contributed by atoms with Crippen LogP contribution in [0.15, 0.2) is 66.9 Å². The molecule has 1 aliphatic rings. The summed E-state index contributed by atoms with van der Waals surface area (Å²) in [5, 5.41) is 10.6. The number of methoxy groups -OCH3 is 2. The van der Waals surface area contributed by atoms with E-state index in [2.05, 4.69) is 4.98 Å². The highest BCUT2D eigenvalue weighted by molar-refractivity contribution is 6.00. The lowest BCUT2D eigenvalue weighted by Crippen LogP contribution is -2.40. The number of carboxylic acid groups (broad SMARTS) is 1. The van der Waals surface area contributed by atoms with Crippen molar-refractivity contribution in [2.75, 3.05) is 20.8 Å². The van der Waals surface area contributed by atoms with Crippen molar-refractivity contribution in [1.82, 2.24) is 14.5 Å². The Labute approximate surface area is 220 Å². The lowest BCUT2D eigenvalue weighted by molar-refractivity contribution is -0.140. The molecule has 1 unspecified atom stereocenters. The van der Waals surface area contributed by atoms with E-state index in [4.69, 9.17) is 9.47 Å². The molecule has 38 heavy (non-hydrogen) atoms. The monoisotopic (exact) mass is 511 g/mol. The summed E-state index contributed by atoms with van der Waals surface area (Å²) in [6, 6.07) is 16.9. The fraction of sp³-hybridized carbons (Fsp3) is 0.233. The summed E-state index contributed by atoms with van der Waals surface area (Å²) >= 11 is 0. The van der Waals surface area contributed by atoms with Crippen molar-refractivity contribution in [2.24, 2.45) is 7.05 Å². The fourth-order valence-corrected chi connectivity index (χ4v) is 5.33. The zero-order valence-corrected chi connectivity index (χ0v) is 21.5. The summed E-state index contributed by atoms with van der Waals surface area (Å²) in [6.07, 6.45) is 5.47. The van der Waals surface area contributed by atoms with Gasteiger partial charge in [0.15, 0.2) is 11.5 Å². The second-order valence-corrected chi connectivity index (χ2v) is 9.20. The Balaban J connectivity index is 1.54. The van der Waals surface area contributed by atoms with Crippen LogP contribution in [0.3, 0.4) is 0 Å². The molecule has 1 aliphatic heterocycles. The third-order valence-electron chi connectivity index (χ3n) is 7.08. The molecule has 5 rings (SSSR count). The van der Waals surface area contributed by atoms with Crippen LogP contribution in [0.25, 0.3) is 28.4 Å². The van der Waals surface area contributed by atoms with E-state index in [9.17, 15) is 14.7 Å². The maximum atomic E-state index is 13.6. The van der Waals surface area contributed by atoms with Crippen molar-refractivity contribution in [2.45, 2.75) is 18.9 Å². The Kier molecular flexibility index (Phi) is 6.87. The van der Waals surface area contributed by atoms with Gasteiger partial charge in [-0.2, -0.15) is 0 Å². The van der Waals surface area contributed by atoms with Gasteiger partial charge in [0.05, 0.1) is 32.4 Å². The van der Waals surface area contributed by atoms with Gasteiger partial charge < -0.3 is 24.0 Å². The first kappa shape index (κ1) is 25.1.